The molecule has 0 fully saturated rings. The summed E-state index contributed by atoms with van der Waals surface area (Å²) in [6, 6.07) is 0. The van der Waals surface area contributed by atoms with Gasteiger partial charge in [0, 0.05) is 6.54 Å². The van der Waals surface area contributed by atoms with Gasteiger partial charge in [0.2, 0.25) is 0 Å². The lowest BCUT2D eigenvalue weighted by Gasteiger charge is -2.19. The van der Waals surface area contributed by atoms with Crippen LogP contribution in [0.3, 0.4) is 0 Å². The number of aliphatic hydroxyl groups excluding tert-OH is 1. The van der Waals surface area contributed by atoms with Crippen molar-refractivity contribution in [1.82, 2.24) is 20.7 Å². The van der Waals surface area contributed by atoms with E-state index in [1.54, 1.807) is 0 Å². The van der Waals surface area contributed by atoms with Gasteiger partial charge in [0.15, 0.2) is 5.69 Å². The predicted octanol–water partition coefficient (Wildman–Crippen LogP) is -1.72. The average molecular weight is 200 g/mol. The molecule has 7 nitrogen and oxygen atoms in total. The van der Waals surface area contributed by atoms with Crippen molar-refractivity contribution in [2.45, 2.75) is 12.5 Å². The standard InChI is InChI=1S/C7H12N4O3/c1-7(14,4-12)3-8-6(13)5-2-9-11-10-5/h2,12,14H,3-4H2,1H3,(H,8,13)(H,9,10,11). The molecule has 0 bridgehead atoms. The highest BCUT2D eigenvalue weighted by atomic mass is 16.3. The minimum atomic E-state index is -1.32. The monoisotopic (exact) mass is 200 g/mol. The van der Waals surface area contributed by atoms with Crippen LogP contribution in [0.1, 0.15) is 17.4 Å². The lowest BCUT2D eigenvalue weighted by molar-refractivity contribution is 0.00316. The molecule has 1 heterocycles. The van der Waals surface area contributed by atoms with Crippen LogP contribution in [0.15, 0.2) is 6.20 Å². The Balaban J connectivity index is 2.43. The van der Waals surface area contributed by atoms with Crippen LogP contribution in [0.5, 0.6) is 0 Å². The van der Waals surface area contributed by atoms with Gasteiger partial charge in [-0.1, -0.05) is 0 Å². The smallest absolute Gasteiger partial charge is 0.273 e. The number of amides is 1. The van der Waals surface area contributed by atoms with E-state index in [4.69, 9.17) is 5.11 Å². The zero-order valence-electron chi connectivity index (χ0n) is 7.69. The second-order valence-corrected chi connectivity index (χ2v) is 3.19. The molecule has 0 saturated carbocycles. The number of aromatic amines is 1. The molecule has 1 rings (SSSR count). The minimum absolute atomic E-state index is 0.0464. The third-order valence-corrected chi connectivity index (χ3v) is 1.62. The van der Waals surface area contributed by atoms with Gasteiger partial charge in [0.25, 0.3) is 5.91 Å². The molecule has 1 amide bonds. The lowest BCUT2D eigenvalue weighted by atomic mass is 10.1. The number of H-pyrrole nitrogens is 1. The highest BCUT2D eigenvalue weighted by molar-refractivity contribution is 5.91. The second-order valence-electron chi connectivity index (χ2n) is 3.19. The molecule has 0 radical (unpaired) electrons. The Morgan fingerprint density at radius 1 is 1.79 bits per heavy atom. The summed E-state index contributed by atoms with van der Waals surface area (Å²) in [4.78, 5) is 11.2. The summed E-state index contributed by atoms with van der Waals surface area (Å²) >= 11 is 0. The van der Waals surface area contributed by atoms with E-state index in [9.17, 15) is 9.90 Å². The molecule has 0 spiro atoms. The van der Waals surface area contributed by atoms with Crippen molar-refractivity contribution in [2.75, 3.05) is 13.2 Å². The third-order valence-electron chi connectivity index (χ3n) is 1.62. The van der Waals surface area contributed by atoms with Gasteiger partial charge in [-0.05, 0) is 6.92 Å². The molecule has 7 heteroatoms. The molecule has 0 saturated heterocycles. The summed E-state index contributed by atoms with van der Waals surface area (Å²) in [5.74, 6) is -0.451. The van der Waals surface area contributed by atoms with Crippen LogP contribution in [-0.4, -0.2) is 50.3 Å². The van der Waals surface area contributed by atoms with Gasteiger partial charge in [-0.25, -0.2) is 0 Å². The fourth-order valence-electron chi connectivity index (χ4n) is 0.728. The first-order valence-electron chi connectivity index (χ1n) is 4.02. The molecule has 14 heavy (non-hydrogen) atoms. The first kappa shape index (κ1) is 10.6. The Bertz CT molecular complexity index is 296. The van der Waals surface area contributed by atoms with E-state index in [1.807, 2.05) is 0 Å². The topological polar surface area (TPSA) is 111 Å². The molecule has 1 aromatic rings. The van der Waals surface area contributed by atoms with E-state index >= 15 is 0 Å². The Hall–Kier alpha value is -1.47. The van der Waals surface area contributed by atoms with Gasteiger partial charge < -0.3 is 15.5 Å². The summed E-state index contributed by atoms with van der Waals surface area (Å²) in [5.41, 5.74) is -1.18. The fourth-order valence-corrected chi connectivity index (χ4v) is 0.728. The van der Waals surface area contributed by atoms with E-state index in [-0.39, 0.29) is 12.2 Å². The molecule has 4 N–H and O–H groups in total. The van der Waals surface area contributed by atoms with Crippen molar-refractivity contribution in [3.05, 3.63) is 11.9 Å². The van der Waals surface area contributed by atoms with Gasteiger partial charge in [-0.2, -0.15) is 15.4 Å². The molecular formula is C7H12N4O3. The van der Waals surface area contributed by atoms with Crippen molar-refractivity contribution in [1.29, 1.82) is 0 Å². The van der Waals surface area contributed by atoms with E-state index in [2.05, 4.69) is 20.7 Å². The molecular weight excluding hydrogens is 188 g/mol. The molecule has 1 atom stereocenters. The van der Waals surface area contributed by atoms with Gasteiger partial charge in [-0.3, -0.25) is 4.79 Å². The van der Waals surface area contributed by atoms with E-state index in [1.165, 1.54) is 13.1 Å². The van der Waals surface area contributed by atoms with E-state index in [0.717, 1.165) is 0 Å². The number of carbonyl (C=O) groups is 1. The Morgan fingerprint density at radius 2 is 2.50 bits per heavy atom. The number of nitrogens with one attached hydrogen (secondary N) is 2. The lowest BCUT2D eigenvalue weighted by Crippen LogP contribution is -2.43. The number of hydrogen-bond donors (Lipinski definition) is 4. The first-order valence-corrected chi connectivity index (χ1v) is 4.02. The maximum Gasteiger partial charge on any atom is 0.273 e. The van der Waals surface area contributed by atoms with Crippen molar-refractivity contribution in [3.8, 4) is 0 Å². The SMILES string of the molecule is CC(O)(CO)CNC(=O)c1cn[nH]n1. The van der Waals surface area contributed by atoms with Crippen LogP contribution in [0.2, 0.25) is 0 Å². The number of aromatic nitrogens is 3. The summed E-state index contributed by atoms with van der Waals surface area (Å²) < 4.78 is 0. The summed E-state index contributed by atoms with van der Waals surface area (Å²) in [6.45, 7) is 0.942. The highest BCUT2D eigenvalue weighted by Gasteiger charge is 2.20. The van der Waals surface area contributed by atoms with Gasteiger partial charge in [0.05, 0.1) is 12.8 Å². The number of nitrogens with zero attached hydrogens (tertiary/aromatic N) is 2. The Labute approximate surface area is 80.1 Å². The maximum atomic E-state index is 11.2. The Kier molecular flexibility index (Phi) is 3.15. The predicted molar refractivity (Wildman–Crippen MR) is 46.4 cm³/mol. The average Bonchev–Trinajstić information content (AvgIpc) is 2.67. The minimum Gasteiger partial charge on any atom is -0.393 e. The molecule has 0 aromatic carbocycles. The second kappa shape index (κ2) is 4.16. The third kappa shape index (κ3) is 2.79. The van der Waals surface area contributed by atoms with E-state index < -0.39 is 18.1 Å². The van der Waals surface area contributed by atoms with Crippen molar-refractivity contribution in [3.63, 3.8) is 0 Å². The Morgan fingerprint density at radius 3 is 3.00 bits per heavy atom. The molecule has 1 aromatic heterocycles. The van der Waals surface area contributed by atoms with Crippen LogP contribution in [-0.2, 0) is 0 Å². The van der Waals surface area contributed by atoms with Crippen molar-refractivity contribution >= 4 is 5.91 Å². The van der Waals surface area contributed by atoms with Gasteiger partial charge in [-0.15, -0.1) is 0 Å². The van der Waals surface area contributed by atoms with Crippen LogP contribution in [0.25, 0.3) is 0 Å². The molecule has 78 valence electrons. The van der Waals surface area contributed by atoms with Crippen LogP contribution >= 0.6 is 0 Å². The fraction of sp³-hybridized carbons (Fsp3) is 0.571. The number of aliphatic hydroxyl groups is 2. The van der Waals surface area contributed by atoms with Crippen molar-refractivity contribution < 1.29 is 15.0 Å². The first-order chi connectivity index (χ1) is 6.55. The summed E-state index contributed by atoms with van der Waals surface area (Å²) in [6.07, 6.45) is 1.27. The molecule has 0 aliphatic heterocycles. The van der Waals surface area contributed by atoms with Crippen molar-refractivity contribution in [2.24, 2.45) is 0 Å². The normalized spacial score (nSPS) is 14.8. The molecule has 0 aliphatic rings. The van der Waals surface area contributed by atoms with Crippen LogP contribution in [0.4, 0.5) is 0 Å². The van der Waals surface area contributed by atoms with Gasteiger partial charge in [0.1, 0.15) is 5.60 Å². The number of hydrogen-bond acceptors (Lipinski definition) is 5. The highest BCUT2D eigenvalue weighted by Crippen LogP contribution is 1.99. The number of carbonyl (C=O) groups excluding carboxylic acids is 1. The summed E-state index contributed by atoms with van der Waals surface area (Å²) in [5, 5.41) is 29.8. The zero-order valence-corrected chi connectivity index (χ0v) is 7.69. The molecule has 0 aliphatic carbocycles. The molecule has 1 unspecified atom stereocenters. The van der Waals surface area contributed by atoms with Gasteiger partial charge >= 0.3 is 0 Å². The quantitative estimate of drug-likeness (QED) is 0.462. The van der Waals surface area contributed by atoms with Crippen LogP contribution in [0, 0.1) is 0 Å². The van der Waals surface area contributed by atoms with Crippen LogP contribution < -0.4 is 5.32 Å². The zero-order chi connectivity index (χ0) is 10.6. The van der Waals surface area contributed by atoms with E-state index in [0.29, 0.717) is 0 Å². The largest absolute Gasteiger partial charge is 0.393 e. The number of rotatable bonds is 4. The summed E-state index contributed by atoms with van der Waals surface area (Å²) in [7, 11) is 0. The maximum absolute atomic E-state index is 11.2.